The maximum Gasteiger partial charge on any atom is 0.331 e. The van der Waals surface area contributed by atoms with Crippen molar-refractivity contribution in [2.75, 3.05) is 29.9 Å². The van der Waals surface area contributed by atoms with Crippen molar-refractivity contribution in [1.29, 1.82) is 0 Å². The van der Waals surface area contributed by atoms with Crippen LogP contribution in [0.1, 0.15) is 46.5 Å². The van der Waals surface area contributed by atoms with Crippen LogP contribution in [-0.4, -0.2) is 41.4 Å². The van der Waals surface area contributed by atoms with Crippen LogP contribution in [0.3, 0.4) is 0 Å². The third-order valence-electron chi connectivity index (χ3n) is 6.58. The average molecular weight is 487 g/mol. The van der Waals surface area contributed by atoms with E-state index in [9.17, 15) is 9.59 Å². The fraction of sp³-hybridized carbons (Fsp3) is 0.345. The molecule has 4 rings (SSSR count). The predicted molar refractivity (Wildman–Crippen MR) is 143 cm³/mol. The summed E-state index contributed by atoms with van der Waals surface area (Å²) in [5.74, 6) is -0.941. The fourth-order valence-corrected chi connectivity index (χ4v) is 4.45. The highest BCUT2D eigenvalue weighted by molar-refractivity contribution is 5.95. The van der Waals surface area contributed by atoms with Crippen molar-refractivity contribution < 1.29 is 14.3 Å². The molecular formula is C29H34N4O3. The molecule has 188 valence electrons. The molecule has 0 unspecified atom stereocenters. The van der Waals surface area contributed by atoms with Crippen molar-refractivity contribution in [3.8, 4) is 0 Å². The van der Waals surface area contributed by atoms with Gasteiger partial charge in [0, 0.05) is 41.8 Å². The van der Waals surface area contributed by atoms with Crippen LogP contribution in [0.5, 0.6) is 0 Å². The zero-order chi connectivity index (χ0) is 25.7. The number of nitrogens with one attached hydrogen (secondary N) is 1. The monoisotopic (exact) mass is 486 g/mol. The molecule has 7 nitrogen and oxygen atoms in total. The number of ether oxygens (including phenoxy) is 1. The van der Waals surface area contributed by atoms with E-state index in [1.165, 1.54) is 30.2 Å². The molecule has 0 aliphatic carbocycles. The Kier molecular flexibility index (Phi) is 7.88. The van der Waals surface area contributed by atoms with Crippen molar-refractivity contribution in [3.05, 3.63) is 82.2 Å². The highest BCUT2D eigenvalue weighted by Crippen LogP contribution is 2.25. The molecule has 0 atom stereocenters. The summed E-state index contributed by atoms with van der Waals surface area (Å²) in [5.41, 5.74) is 7.91. The Labute approximate surface area is 212 Å². The molecule has 1 saturated heterocycles. The zero-order valence-electron chi connectivity index (χ0n) is 21.5. The molecule has 1 N–H and O–H groups in total. The number of carbonyl (C=O) groups excluding carboxylic acids is 2. The van der Waals surface area contributed by atoms with Gasteiger partial charge in [0.1, 0.15) is 0 Å². The molecule has 1 aliphatic rings. The summed E-state index contributed by atoms with van der Waals surface area (Å²) in [6, 6.07) is 14.4. The van der Waals surface area contributed by atoms with Gasteiger partial charge in [-0.25, -0.2) is 4.79 Å². The average Bonchev–Trinajstić information content (AvgIpc) is 3.48. The maximum atomic E-state index is 12.4. The van der Waals surface area contributed by atoms with Gasteiger partial charge in [0.15, 0.2) is 6.61 Å². The van der Waals surface area contributed by atoms with Crippen LogP contribution in [0, 0.1) is 27.7 Å². The lowest BCUT2D eigenvalue weighted by atomic mass is 10.1. The van der Waals surface area contributed by atoms with Gasteiger partial charge < -0.3 is 15.0 Å². The smallest absolute Gasteiger partial charge is 0.331 e. The van der Waals surface area contributed by atoms with Gasteiger partial charge in [0.05, 0.1) is 12.2 Å². The van der Waals surface area contributed by atoms with Crippen molar-refractivity contribution >= 4 is 29.3 Å². The molecule has 3 aromatic rings. The van der Waals surface area contributed by atoms with Gasteiger partial charge in [0.25, 0.3) is 5.91 Å². The van der Waals surface area contributed by atoms with E-state index >= 15 is 0 Å². The minimum Gasteiger partial charge on any atom is -0.452 e. The first-order chi connectivity index (χ1) is 17.3. The van der Waals surface area contributed by atoms with Crippen LogP contribution in [-0.2, 0) is 20.9 Å². The van der Waals surface area contributed by atoms with Crippen LogP contribution < -0.4 is 10.2 Å². The van der Waals surface area contributed by atoms with Crippen LogP contribution in [0.15, 0.2) is 48.5 Å². The first-order valence-corrected chi connectivity index (χ1v) is 12.4. The summed E-state index contributed by atoms with van der Waals surface area (Å²) in [4.78, 5) is 27.0. The molecule has 1 aliphatic heterocycles. The number of aromatic nitrogens is 2. The summed E-state index contributed by atoms with van der Waals surface area (Å²) < 4.78 is 7.09. The normalized spacial score (nSPS) is 13.4. The number of hydrogen-bond donors (Lipinski definition) is 1. The van der Waals surface area contributed by atoms with E-state index in [0.29, 0.717) is 6.54 Å². The number of amides is 1. The van der Waals surface area contributed by atoms with Crippen molar-refractivity contribution in [1.82, 2.24) is 9.78 Å². The molecule has 1 aromatic heterocycles. The van der Waals surface area contributed by atoms with E-state index in [4.69, 9.17) is 4.74 Å². The standard InChI is InChI=1S/C29H34N4O3/c1-20-7-9-24(10-8-20)18-33-23(4)26(22(3)31-33)12-14-29(35)36-19-28(34)30-27-13-11-25(17-21(27)2)32-15-5-6-16-32/h7-14,17H,5-6,15-16,18-19H2,1-4H3,(H,30,34)/b14-12+. The van der Waals surface area contributed by atoms with Gasteiger partial charge in [-0.1, -0.05) is 29.8 Å². The number of esters is 1. The van der Waals surface area contributed by atoms with E-state index in [0.717, 1.165) is 46.9 Å². The Morgan fingerprint density at radius 2 is 1.75 bits per heavy atom. The summed E-state index contributed by atoms with van der Waals surface area (Å²) in [6.45, 7) is 10.4. The number of nitrogens with zero attached hydrogens (tertiary/aromatic N) is 3. The third kappa shape index (κ3) is 6.22. The van der Waals surface area contributed by atoms with Crippen LogP contribution in [0.25, 0.3) is 6.08 Å². The lowest BCUT2D eigenvalue weighted by Gasteiger charge is -2.19. The Morgan fingerprint density at radius 1 is 1.03 bits per heavy atom. The van der Waals surface area contributed by atoms with E-state index < -0.39 is 5.97 Å². The first-order valence-electron chi connectivity index (χ1n) is 12.4. The first kappa shape index (κ1) is 25.2. The molecule has 0 saturated carbocycles. The lowest BCUT2D eigenvalue weighted by Crippen LogP contribution is -2.21. The Morgan fingerprint density at radius 3 is 2.44 bits per heavy atom. The number of benzene rings is 2. The van der Waals surface area contributed by atoms with Gasteiger partial charge >= 0.3 is 5.97 Å². The number of rotatable bonds is 8. The molecule has 36 heavy (non-hydrogen) atoms. The van der Waals surface area contributed by atoms with E-state index in [-0.39, 0.29) is 12.5 Å². The highest BCUT2D eigenvalue weighted by atomic mass is 16.5. The molecule has 1 fully saturated rings. The van der Waals surface area contributed by atoms with Gasteiger partial charge in [-0.15, -0.1) is 0 Å². The summed E-state index contributed by atoms with van der Waals surface area (Å²) >= 11 is 0. The minimum atomic E-state index is -0.573. The number of carbonyl (C=O) groups is 2. The highest BCUT2D eigenvalue weighted by Gasteiger charge is 2.14. The van der Waals surface area contributed by atoms with Crippen molar-refractivity contribution in [2.24, 2.45) is 0 Å². The molecule has 1 amide bonds. The van der Waals surface area contributed by atoms with Gasteiger partial charge in [-0.3, -0.25) is 9.48 Å². The molecule has 2 aromatic carbocycles. The Bertz CT molecular complexity index is 1270. The number of hydrogen-bond acceptors (Lipinski definition) is 5. The van der Waals surface area contributed by atoms with Gasteiger partial charge in [-0.05, 0) is 75.9 Å². The Hall–Kier alpha value is -3.87. The second kappa shape index (κ2) is 11.2. The molecule has 0 spiro atoms. The van der Waals surface area contributed by atoms with Crippen LogP contribution >= 0.6 is 0 Å². The van der Waals surface area contributed by atoms with Crippen molar-refractivity contribution in [2.45, 2.75) is 47.1 Å². The quantitative estimate of drug-likeness (QED) is 0.360. The number of anilines is 2. The molecule has 0 bridgehead atoms. The minimum absolute atomic E-state index is 0.346. The molecule has 0 radical (unpaired) electrons. The van der Waals surface area contributed by atoms with E-state index in [1.54, 1.807) is 6.08 Å². The van der Waals surface area contributed by atoms with Crippen LogP contribution in [0.4, 0.5) is 11.4 Å². The molecule has 2 heterocycles. The second-order valence-electron chi connectivity index (χ2n) is 9.41. The predicted octanol–water partition coefficient (Wildman–Crippen LogP) is 4.96. The van der Waals surface area contributed by atoms with Crippen molar-refractivity contribution in [3.63, 3.8) is 0 Å². The Balaban J connectivity index is 1.30. The third-order valence-corrected chi connectivity index (χ3v) is 6.58. The number of aryl methyl sites for hydroxylation is 3. The van der Waals surface area contributed by atoms with E-state index in [1.807, 2.05) is 37.6 Å². The van der Waals surface area contributed by atoms with Gasteiger partial charge in [0.2, 0.25) is 0 Å². The van der Waals surface area contributed by atoms with Crippen LogP contribution in [0.2, 0.25) is 0 Å². The second-order valence-corrected chi connectivity index (χ2v) is 9.41. The lowest BCUT2D eigenvalue weighted by molar-refractivity contribution is -0.142. The topological polar surface area (TPSA) is 76.5 Å². The molecular weight excluding hydrogens is 452 g/mol. The maximum absolute atomic E-state index is 12.4. The van der Waals surface area contributed by atoms with E-state index in [2.05, 4.69) is 52.6 Å². The largest absolute Gasteiger partial charge is 0.452 e. The SMILES string of the molecule is Cc1ccc(Cn2nc(C)c(/C=C/C(=O)OCC(=O)Nc3ccc(N4CCCC4)cc3C)c2C)cc1. The fourth-order valence-electron chi connectivity index (χ4n) is 4.45. The zero-order valence-corrected chi connectivity index (χ0v) is 21.5. The summed E-state index contributed by atoms with van der Waals surface area (Å²) in [5, 5.41) is 7.45. The molecule has 7 heteroatoms. The van der Waals surface area contributed by atoms with Gasteiger partial charge in [-0.2, -0.15) is 5.10 Å². The summed E-state index contributed by atoms with van der Waals surface area (Å²) in [7, 11) is 0. The summed E-state index contributed by atoms with van der Waals surface area (Å²) in [6.07, 6.45) is 5.47.